The van der Waals surface area contributed by atoms with E-state index in [1.807, 2.05) is 0 Å². The number of carbonyl (C=O) groups is 6. The standard InChI is InChI=1S/C13H24FNO2.C9H14FNO4.C8H12FNO4.2C4H2F8O3.C4H8FNO2.8CH4/c1-5-13(4)7-10(6-12(2,3)8-13)15-11(16)17-9-14;1-7(2)8(12)14-6-4-11-9(13)15-5-3-10;1-6(2)7(11)13-4-3-10-8(12)14-5-9;2*5-1-13-4(10,11)14-2(6,7)3(8,9)15-12;1-6-4(7)8-3-2-5;;;;;;;;/h10H,5-9H2,1-4H3,(H,15,16);1,3-6H2,2H3,(H,11,13);1,3-5H2,2H3,(H,10,12);2*1H2;2-3H2,1H3,(H,6,7);8*1H4. The van der Waals surface area contributed by atoms with Gasteiger partial charge in [-0.3, -0.25) is 9.47 Å². The number of halogens is 20. The molecular weight excluding hydrogens is 1320 g/mol. The Balaban J connectivity index is -0.0000000734. The van der Waals surface area contributed by atoms with E-state index in [0.29, 0.717) is 0 Å². The molecule has 42 heteroatoms. The molecule has 0 bridgehead atoms. The van der Waals surface area contributed by atoms with Crippen molar-refractivity contribution < 1.29 is 174 Å². The second kappa shape index (κ2) is 58.7. The van der Waals surface area contributed by atoms with E-state index in [0.717, 1.165) is 25.7 Å². The Kier molecular flexibility index (Phi) is 74.3. The zero-order valence-corrected chi connectivity index (χ0v) is 45.2. The van der Waals surface area contributed by atoms with Crippen molar-refractivity contribution in [2.24, 2.45) is 10.8 Å². The number of esters is 2. The zero-order chi connectivity index (χ0) is 66.8. The van der Waals surface area contributed by atoms with Gasteiger partial charge in [0.25, 0.3) is 0 Å². The molecule has 22 nitrogen and oxygen atoms in total. The summed E-state index contributed by atoms with van der Waals surface area (Å²) < 4.78 is 268. The Labute approximate surface area is 523 Å². The normalized spacial score (nSPS) is 14.2. The van der Waals surface area contributed by atoms with Crippen LogP contribution < -0.4 is 21.3 Å². The fraction of sp³-hybridized carbons (Fsp3) is 0.800. The number of alkyl halides is 18. The van der Waals surface area contributed by atoms with Crippen molar-refractivity contribution in [3.05, 3.63) is 24.3 Å². The summed E-state index contributed by atoms with van der Waals surface area (Å²) >= 11 is 0. The summed E-state index contributed by atoms with van der Waals surface area (Å²) in [6, 6.07) is 0.0859. The third kappa shape index (κ3) is 58.9. The van der Waals surface area contributed by atoms with Gasteiger partial charge in [-0.15, -0.1) is 27.4 Å². The SMILES string of the molecule is C.C.C.C.C.C.C.C.C=C(C)C(=O)OCCNC(=O)OCCF.C=C(C)C(=O)OCCNC(=O)OCF.CCC1(C)CC(NC(=O)OCF)CC(C)(C)C1.CNC(=O)OCCF.FCOC(F)(F)OC(F)(F)C(F)(F)OF.FCOC(F)(F)OC(F)(F)C(F)(F)OF. The lowest BCUT2D eigenvalue weighted by molar-refractivity contribution is -0.548. The lowest BCUT2D eigenvalue weighted by Crippen LogP contribution is -2.48. The summed E-state index contributed by atoms with van der Waals surface area (Å²) in [6.07, 6.45) is -33.5. The van der Waals surface area contributed by atoms with Crippen LogP contribution in [0.25, 0.3) is 0 Å². The van der Waals surface area contributed by atoms with Crippen LogP contribution >= 0.6 is 0 Å². The highest BCUT2D eigenvalue weighted by Gasteiger charge is 2.67. The molecule has 0 radical (unpaired) electrons. The van der Waals surface area contributed by atoms with E-state index < -0.39 is 114 Å². The predicted molar refractivity (Wildman–Crippen MR) is 293 cm³/mol. The number of alkyl carbamates (subject to hydrolysis) is 4. The molecule has 0 aromatic rings. The molecule has 92 heavy (non-hydrogen) atoms. The van der Waals surface area contributed by atoms with Crippen molar-refractivity contribution in [2.45, 2.75) is 170 Å². The highest BCUT2D eigenvalue weighted by Crippen LogP contribution is 2.48. The molecule has 4 amide bonds. The molecule has 0 saturated heterocycles. The minimum atomic E-state index is -6.04. The quantitative estimate of drug-likeness (QED) is 0.0142. The number of nitrogens with one attached hydrogen (secondary N) is 4. The third-order valence-corrected chi connectivity index (χ3v) is 8.53. The van der Waals surface area contributed by atoms with Gasteiger partial charge in [0.15, 0.2) is 13.7 Å². The van der Waals surface area contributed by atoms with Gasteiger partial charge in [-0.2, -0.15) is 35.1 Å². The first-order chi connectivity index (χ1) is 38.4. The third-order valence-electron chi connectivity index (χ3n) is 8.53. The molecule has 1 aliphatic rings. The van der Waals surface area contributed by atoms with Crippen LogP contribution in [0.15, 0.2) is 24.3 Å². The van der Waals surface area contributed by atoms with Gasteiger partial charge in [-0.1, -0.05) is 107 Å². The van der Waals surface area contributed by atoms with E-state index in [-0.39, 0.29) is 127 Å². The molecule has 0 aromatic carbocycles. The van der Waals surface area contributed by atoms with Crippen LogP contribution in [0.1, 0.15) is 127 Å². The first-order valence-corrected chi connectivity index (χ1v) is 22.6. The largest absolute Gasteiger partial charge is 0.492 e. The Morgan fingerprint density at radius 3 is 1.09 bits per heavy atom. The van der Waals surface area contributed by atoms with Gasteiger partial charge < -0.3 is 49.7 Å². The fourth-order valence-corrected chi connectivity index (χ4v) is 5.28. The summed E-state index contributed by atoms with van der Waals surface area (Å²) in [7, 11) is 1.42. The molecule has 0 aromatic heterocycles. The van der Waals surface area contributed by atoms with E-state index in [2.05, 4.69) is 109 Å². The number of hydrogen-bond donors (Lipinski definition) is 4. The summed E-state index contributed by atoms with van der Waals surface area (Å²) in [6.45, 7) is 10.2. The van der Waals surface area contributed by atoms with Crippen LogP contribution in [0.3, 0.4) is 0 Å². The lowest BCUT2D eigenvalue weighted by Gasteiger charge is -2.46. The summed E-state index contributed by atoms with van der Waals surface area (Å²) in [5.74, 6) is -1.06. The van der Waals surface area contributed by atoms with Crippen LogP contribution in [-0.2, 0) is 66.8 Å². The van der Waals surface area contributed by atoms with Crippen LogP contribution in [0.5, 0.6) is 0 Å². The van der Waals surface area contributed by atoms with Gasteiger partial charge in [-0.05, 0) is 53.0 Å². The van der Waals surface area contributed by atoms with E-state index in [9.17, 15) is 117 Å². The fourth-order valence-electron chi connectivity index (χ4n) is 5.28. The van der Waals surface area contributed by atoms with Crippen LogP contribution in [0.4, 0.5) is 107 Å². The molecule has 1 rings (SSSR count). The maximum absolute atomic E-state index is 12.0. The molecule has 1 fully saturated rings. The molecule has 1 saturated carbocycles. The zero-order valence-electron chi connectivity index (χ0n) is 45.2. The van der Waals surface area contributed by atoms with E-state index >= 15 is 0 Å². The molecule has 0 aliphatic heterocycles. The molecule has 1 aliphatic carbocycles. The molecule has 562 valence electrons. The summed E-state index contributed by atoms with van der Waals surface area (Å²) in [5, 5.41) is 9.38. The number of rotatable bonds is 28. The topological polar surface area (TPSA) is 261 Å². The summed E-state index contributed by atoms with van der Waals surface area (Å²) in [5.41, 5.74) is 1.01. The van der Waals surface area contributed by atoms with Crippen LogP contribution in [0, 0.1) is 10.8 Å². The van der Waals surface area contributed by atoms with Crippen molar-refractivity contribution in [3.63, 3.8) is 0 Å². The van der Waals surface area contributed by atoms with E-state index in [4.69, 9.17) is 0 Å². The average Bonchev–Trinajstić information content (AvgIpc) is 0.973. The maximum Gasteiger partial charge on any atom is 0.492 e. The highest BCUT2D eigenvalue weighted by molar-refractivity contribution is 5.87. The van der Waals surface area contributed by atoms with Crippen LogP contribution in [0.2, 0.25) is 0 Å². The monoisotopic (exact) mass is 1420 g/mol. The molecule has 2 unspecified atom stereocenters. The van der Waals surface area contributed by atoms with Gasteiger partial charge in [0.2, 0.25) is 13.7 Å². The second-order valence-corrected chi connectivity index (χ2v) is 16.3. The highest BCUT2D eigenvalue weighted by atomic mass is 19.4. The van der Waals surface area contributed by atoms with Crippen molar-refractivity contribution in [1.82, 2.24) is 21.3 Å². The lowest BCUT2D eigenvalue weighted by atomic mass is 9.62. The first-order valence-electron chi connectivity index (χ1n) is 22.6. The van der Waals surface area contributed by atoms with Gasteiger partial charge in [0.1, 0.15) is 39.8 Å². The average molecular weight is 1420 g/mol. The van der Waals surface area contributed by atoms with Crippen molar-refractivity contribution in [1.29, 1.82) is 0 Å². The van der Waals surface area contributed by atoms with E-state index in [1.165, 1.54) is 30.8 Å². The Hall–Kier alpha value is -6.14. The number of hydrogen-bond acceptors (Lipinski definition) is 18. The van der Waals surface area contributed by atoms with Crippen molar-refractivity contribution in [3.8, 4) is 0 Å². The molecule has 2 atom stereocenters. The number of carbonyl (C=O) groups excluding carboxylic acids is 6. The van der Waals surface area contributed by atoms with Gasteiger partial charge >= 0.3 is 73.3 Å². The van der Waals surface area contributed by atoms with Crippen molar-refractivity contribution >= 4 is 36.3 Å². The smallest absolute Gasteiger partial charge is 0.460 e. The Morgan fingerprint density at radius 1 is 0.478 bits per heavy atom. The minimum absolute atomic E-state index is 0. The number of amides is 4. The molecular formula is C50H94F20N4O18. The van der Waals surface area contributed by atoms with Crippen molar-refractivity contribution in [2.75, 3.05) is 87.4 Å². The second-order valence-electron chi connectivity index (χ2n) is 16.3. The Morgan fingerprint density at radius 2 is 0.804 bits per heavy atom. The minimum Gasteiger partial charge on any atom is -0.460 e. The molecule has 0 heterocycles. The predicted octanol–water partition coefficient (Wildman–Crippen LogP) is 15.8. The molecule has 0 spiro atoms. The van der Waals surface area contributed by atoms with Gasteiger partial charge in [-0.25, -0.2) is 64.6 Å². The summed E-state index contributed by atoms with van der Waals surface area (Å²) in [4.78, 5) is 67.0. The Bertz CT molecular complexity index is 1890. The van der Waals surface area contributed by atoms with E-state index in [1.54, 1.807) is 0 Å². The molecule has 4 N–H and O–H groups in total. The number of ether oxygens (including phenoxy) is 10. The first kappa shape index (κ1) is 116. The maximum atomic E-state index is 12.0. The van der Waals surface area contributed by atoms with Gasteiger partial charge in [0.05, 0.1) is 13.1 Å². The van der Waals surface area contributed by atoms with Crippen LogP contribution in [-0.4, -0.2) is 167 Å². The van der Waals surface area contributed by atoms with Gasteiger partial charge in [0, 0.05) is 24.2 Å².